The largest absolute Gasteiger partial charge is 0.506 e. The van der Waals surface area contributed by atoms with Crippen LogP contribution in [0.15, 0.2) is 23.6 Å². The lowest BCUT2D eigenvalue weighted by Gasteiger charge is -2.09. The molecule has 0 saturated heterocycles. The van der Waals surface area contributed by atoms with Crippen molar-refractivity contribution in [2.75, 3.05) is 7.05 Å². The molecule has 0 saturated carbocycles. The van der Waals surface area contributed by atoms with Gasteiger partial charge in [0.05, 0.1) is 5.70 Å². The Morgan fingerprint density at radius 2 is 2.29 bits per heavy atom. The van der Waals surface area contributed by atoms with E-state index in [-0.39, 0.29) is 0 Å². The van der Waals surface area contributed by atoms with Crippen molar-refractivity contribution in [1.29, 1.82) is 0 Å². The van der Waals surface area contributed by atoms with Crippen molar-refractivity contribution in [2.45, 2.75) is 0 Å². The third-order valence-corrected chi connectivity index (χ3v) is 0.953. The molecule has 0 aromatic carbocycles. The summed E-state index contributed by atoms with van der Waals surface area (Å²) in [4.78, 5) is 0. The van der Waals surface area contributed by atoms with Crippen LogP contribution in [0.2, 0.25) is 0 Å². The van der Waals surface area contributed by atoms with E-state index >= 15 is 0 Å². The summed E-state index contributed by atoms with van der Waals surface area (Å²) in [7, 11) is 1.77. The second-order valence-corrected chi connectivity index (χ2v) is 1.38. The Hall–Kier alpha value is -0.920. The topological polar surface area (TPSA) is 32.3 Å². The molecule has 1 aliphatic carbocycles. The van der Waals surface area contributed by atoms with E-state index in [1.54, 1.807) is 13.1 Å². The van der Waals surface area contributed by atoms with Gasteiger partial charge in [0.25, 0.3) is 0 Å². The number of aliphatic hydroxyl groups is 1. The summed E-state index contributed by atoms with van der Waals surface area (Å²) < 4.78 is 0. The van der Waals surface area contributed by atoms with Crippen LogP contribution in [-0.4, -0.2) is 12.2 Å². The standard InChI is InChI=1S/C5H7NO/c1-6-4-2-3-5(4)7/h2-3,6-7H,1H3. The maximum atomic E-state index is 8.64. The molecule has 0 aromatic rings. The average Bonchev–Trinajstić information content (AvgIpc) is 1.65. The van der Waals surface area contributed by atoms with E-state index in [1.165, 1.54) is 0 Å². The number of rotatable bonds is 1. The fourth-order valence-corrected chi connectivity index (χ4v) is 0.453. The van der Waals surface area contributed by atoms with E-state index in [2.05, 4.69) is 5.32 Å². The lowest BCUT2D eigenvalue weighted by molar-refractivity contribution is 0.409. The van der Waals surface area contributed by atoms with Gasteiger partial charge in [0.2, 0.25) is 0 Å². The molecule has 7 heavy (non-hydrogen) atoms. The van der Waals surface area contributed by atoms with Gasteiger partial charge in [0, 0.05) is 7.05 Å². The lowest BCUT2D eigenvalue weighted by atomic mass is 10.2. The van der Waals surface area contributed by atoms with Crippen LogP contribution in [0, 0.1) is 0 Å². The van der Waals surface area contributed by atoms with E-state index in [0.29, 0.717) is 5.76 Å². The van der Waals surface area contributed by atoms with Crippen LogP contribution < -0.4 is 5.32 Å². The van der Waals surface area contributed by atoms with Gasteiger partial charge in [-0.3, -0.25) is 0 Å². The zero-order valence-electron chi connectivity index (χ0n) is 4.10. The molecule has 0 amide bonds. The molecule has 0 bridgehead atoms. The van der Waals surface area contributed by atoms with Gasteiger partial charge in [-0.1, -0.05) is 0 Å². The van der Waals surface area contributed by atoms with Gasteiger partial charge in [0.15, 0.2) is 0 Å². The predicted octanol–water partition coefficient (Wildman–Crippen LogP) is 0.545. The molecular formula is C5H7NO. The summed E-state index contributed by atoms with van der Waals surface area (Å²) in [6.45, 7) is 0. The van der Waals surface area contributed by atoms with Crippen LogP contribution in [-0.2, 0) is 0 Å². The highest BCUT2D eigenvalue weighted by atomic mass is 16.3. The van der Waals surface area contributed by atoms with Crippen LogP contribution >= 0.6 is 0 Å². The van der Waals surface area contributed by atoms with Crippen molar-refractivity contribution in [3.8, 4) is 0 Å². The van der Waals surface area contributed by atoms with Crippen molar-refractivity contribution in [3.63, 3.8) is 0 Å². The van der Waals surface area contributed by atoms with Crippen LogP contribution in [0.25, 0.3) is 0 Å². The minimum atomic E-state index is 0.350. The Kier molecular flexibility index (Phi) is 0.785. The molecule has 2 N–H and O–H groups in total. The maximum Gasteiger partial charge on any atom is 0.138 e. The molecule has 0 radical (unpaired) electrons. The highest BCUT2D eigenvalue weighted by Gasteiger charge is 2.04. The Labute approximate surface area is 42.2 Å². The SMILES string of the molecule is CNC1=CC=C1O. The minimum absolute atomic E-state index is 0.350. The Balaban J connectivity index is 2.47. The molecule has 1 rings (SSSR count). The molecule has 0 atom stereocenters. The molecular weight excluding hydrogens is 90.1 g/mol. The number of hydrogen-bond donors (Lipinski definition) is 2. The first-order chi connectivity index (χ1) is 3.34. The highest BCUT2D eigenvalue weighted by Crippen LogP contribution is 2.10. The molecule has 0 aliphatic heterocycles. The summed E-state index contributed by atoms with van der Waals surface area (Å²) in [5, 5.41) is 11.4. The van der Waals surface area contributed by atoms with Crippen molar-refractivity contribution in [1.82, 2.24) is 5.32 Å². The first-order valence-corrected chi connectivity index (χ1v) is 2.13. The van der Waals surface area contributed by atoms with E-state index < -0.39 is 0 Å². The number of hydrogen-bond acceptors (Lipinski definition) is 2. The van der Waals surface area contributed by atoms with Crippen molar-refractivity contribution in [2.24, 2.45) is 0 Å². The molecule has 2 heteroatoms. The third-order valence-electron chi connectivity index (χ3n) is 0.953. The summed E-state index contributed by atoms with van der Waals surface area (Å²) in [6, 6.07) is 0. The lowest BCUT2D eigenvalue weighted by Crippen LogP contribution is -2.11. The molecule has 1 aliphatic rings. The molecule has 0 spiro atoms. The first kappa shape index (κ1) is 4.24. The van der Waals surface area contributed by atoms with Gasteiger partial charge >= 0.3 is 0 Å². The fraction of sp³-hybridized carbons (Fsp3) is 0.200. The Bertz CT molecular complexity index is 135. The fourth-order valence-electron chi connectivity index (χ4n) is 0.453. The monoisotopic (exact) mass is 97.1 g/mol. The van der Waals surface area contributed by atoms with Crippen molar-refractivity contribution in [3.05, 3.63) is 23.6 Å². The first-order valence-electron chi connectivity index (χ1n) is 2.13. The number of aliphatic hydroxyl groups excluding tert-OH is 1. The number of allylic oxidation sites excluding steroid dienone is 2. The third kappa shape index (κ3) is 0.474. The normalized spacial score (nSPS) is 16.7. The van der Waals surface area contributed by atoms with Crippen LogP contribution in [0.1, 0.15) is 0 Å². The molecule has 0 heterocycles. The zero-order valence-corrected chi connectivity index (χ0v) is 4.10. The number of nitrogens with one attached hydrogen (secondary N) is 1. The average molecular weight is 97.1 g/mol. The zero-order chi connectivity index (χ0) is 5.28. The van der Waals surface area contributed by atoms with E-state index in [1.807, 2.05) is 6.08 Å². The van der Waals surface area contributed by atoms with Gasteiger partial charge in [-0.05, 0) is 12.2 Å². The van der Waals surface area contributed by atoms with Crippen LogP contribution in [0.4, 0.5) is 0 Å². The molecule has 38 valence electrons. The summed E-state index contributed by atoms with van der Waals surface area (Å²) >= 11 is 0. The predicted molar refractivity (Wildman–Crippen MR) is 27.9 cm³/mol. The van der Waals surface area contributed by atoms with E-state index in [9.17, 15) is 0 Å². The summed E-state index contributed by atoms with van der Waals surface area (Å²) in [5.74, 6) is 0.350. The van der Waals surface area contributed by atoms with Gasteiger partial charge in [-0.25, -0.2) is 0 Å². The van der Waals surface area contributed by atoms with Gasteiger partial charge in [0.1, 0.15) is 5.76 Å². The van der Waals surface area contributed by atoms with Gasteiger partial charge in [-0.15, -0.1) is 0 Å². The molecule has 2 nitrogen and oxygen atoms in total. The van der Waals surface area contributed by atoms with E-state index in [4.69, 9.17) is 5.11 Å². The Morgan fingerprint density at radius 3 is 2.29 bits per heavy atom. The van der Waals surface area contributed by atoms with Crippen LogP contribution in [0.3, 0.4) is 0 Å². The van der Waals surface area contributed by atoms with Crippen molar-refractivity contribution < 1.29 is 5.11 Å². The smallest absolute Gasteiger partial charge is 0.138 e. The quantitative estimate of drug-likeness (QED) is 0.500. The number of likely N-dealkylation sites (N-methyl/N-ethyl adjacent to an activating group) is 1. The summed E-state index contributed by atoms with van der Waals surface area (Å²) in [6.07, 6.45) is 3.46. The van der Waals surface area contributed by atoms with Gasteiger partial charge < -0.3 is 10.4 Å². The minimum Gasteiger partial charge on any atom is -0.506 e. The van der Waals surface area contributed by atoms with Crippen molar-refractivity contribution >= 4 is 0 Å². The second-order valence-electron chi connectivity index (χ2n) is 1.38. The highest BCUT2D eigenvalue weighted by molar-refractivity contribution is 5.38. The van der Waals surface area contributed by atoms with Crippen LogP contribution in [0.5, 0.6) is 0 Å². The molecule has 0 unspecified atom stereocenters. The molecule has 0 fully saturated rings. The van der Waals surface area contributed by atoms with E-state index in [0.717, 1.165) is 5.70 Å². The Morgan fingerprint density at radius 1 is 1.57 bits per heavy atom. The summed E-state index contributed by atoms with van der Waals surface area (Å²) in [5.41, 5.74) is 0.819. The second kappa shape index (κ2) is 1.30. The molecule has 0 aromatic heterocycles. The van der Waals surface area contributed by atoms with Gasteiger partial charge in [-0.2, -0.15) is 0 Å². The maximum absolute atomic E-state index is 8.64.